The lowest BCUT2D eigenvalue weighted by Gasteiger charge is -1.84. The van der Waals surface area contributed by atoms with Crippen molar-refractivity contribution in [3.8, 4) is 0 Å². The Bertz CT molecular complexity index is 146. The summed E-state index contributed by atoms with van der Waals surface area (Å²) in [6, 6.07) is 0. The molecule has 0 atom stereocenters. The Hall–Kier alpha value is -1.46. The van der Waals surface area contributed by atoms with Crippen molar-refractivity contribution in [1.29, 1.82) is 0 Å². The molecule has 0 unspecified atom stereocenters. The molecule has 0 radical (unpaired) electrons. The molecule has 0 spiro atoms. The molecule has 70 valence electrons. The van der Waals surface area contributed by atoms with E-state index in [1.165, 1.54) is 0 Å². The molecule has 0 aromatic carbocycles. The first-order valence-electron chi connectivity index (χ1n) is 3.37. The van der Waals surface area contributed by atoms with E-state index in [9.17, 15) is 4.79 Å². The summed E-state index contributed by atoms with van der Waals surface area (Å²) >= 11 is 0. The van der Waals surface area contributed by atoms with Crippen LogP contribution in [0.15, 0.2) is 10.2 Å². The van der Waals surface area contributed by atoms with Crippen molar-refractivity contribution in [1.82, 2.24) is 0 Å². The van der Waals surface area contributed by atoms with Gasteiger partial charge in [0.2, 0.25) is 0 Å². The lowest BCUT2D eigenvalue weighted by atomic mass is 10.3. The highest BCUT2D eigenvalue weighted by Gasteiger charge is 1.85. The van der Waals surface area contributed by atoms with Gasteiger partial charge in [-0.2, -0.15) is 5.11 Å². The molecular weight excluding hydrogens is 164 g/mol. The quantitative estimate of drug-likeness (QED) is 0.387. The van der Waals surface area contributed by atoms with Gasteiger partial charge in [-0.25, -0.2) is 4.79 Å². The molecule has 1 amide bonds. The normalized spacial score (nSPS) is 8.75. The molecule has 0 saturated carbocycles. The number of azo groups is 1. The van der Waals surface area contributed by atoms with E-state index in [0.717, 1.165) is 12.8 Å². The number of amides is 1. The average molecular weight is 176 g/mol. The number of nitrogens with zero attached hydrogens (tertiary/aromatic N) is 2. The first-order chi connectivity index (χ1) is 5.68. The molecule has 0 bridgehead atoms. The van der Waals surface area contributed by atoms with Crippen LogP contribution < -0.4 is 0 Å². The molecule has 6 heteroatoms. The SMILES string of the molecule is CCCCN=NC(=O)O.O=CO. The molecule has 6 nitrogen and oxygen atoms in total. The molecule has 0 aliphatic heterocycles. The van der Waals surface area contributed by atoms with Gasteiger partial charge in [-0.3, -0.25) is 4.79 Å². The lowest BCUT2D eigenvalue weighted by molar-refractivity contribution is -0.122. The largest absolute Gasteiger partial charge is 0.483 e. The zero-order valence-electron chi connectivity index (χ0n) is 6.80. The second-order valence-corrected chi connectivity index (χ2v) is 1.71. The minimum absolute atomic E-state index is 0.250. The second kappa shape index (κ2) is 12.2. The van der Waals surface area contributed by atoms with E-state index >= 15 is 0 Å². The zero-order chi connectivity index (χ0) is 9.82. The van der Waals surface area contributed by atoms with Gasteiger partial charge in [0.15, 0.2) is 0 Å². The van der Waals surface area contributed by atoms with Crippen LogP contribution in [0.4, 0.5) is 4.79 Å². The molecule has 0 rings (SSSR count). The van der Waals surface area contributed by atoms with Gasteiger partial charge in [0, 0.05) is 0 Å². The smallest absolute Gasteiger partial charge is 0.449 e. The number of carbonyl (C=O) groups is 2. The van der Waals surface area contributed by atoms with Gasteiger partial charge in [-0.05, 0) is 6.42 Å². The highest BCUT2D eigenvalue weighted by Crippen LogP contribution is 1.87. The molecule has 0 aromatic rings. The molecular formula is C6H12N2O4. The molecule has 0 saturated heterocycles. The van der Waals surface area contributed by atoms with Crippen LogP contribution in [0.1, 0.15) is 19.8 Å². The van der Waals surface area contributed by atoms with Gasteiger partial charge in [0.05, 0.1) is 6.54 Å². The number of rotatable bonds is 3. The highest BCUT2D eigenvalue weighted by atomic mass is 16.4. The summed E-state index contributed by atoms with van der Waals surface area (Å²) in [5, 5.41) is 21.1. The fraction of sp³-hybridized carbons (Fsp3) is 0.667. The van der Waals surface area contributed by atoms with E-state index in [0.29, 0.717) is 6.54 Å². The van der Waals surface area contributed by atoms with E-state index in [1.54, 1.807) is 0 Å². The summed E-state index contributed by atoms with van der Waals surface area (Å²) in [5.74, 6) is 0. The van der Waals surface area contributed by atoms with E-state index in [2.05, 4.69) is 10.2 Å². The number of hydrogen-bond acceptors (Lipinski definition) is 3. The minimum Gasteiger partial charge on any atom is -0.483 e. The molecule has 0 fully saturated rings. The van der Waals surface area contributed by atoms with Crippen molar-refractivity contribution in [2.45, 2.75) is 19.8 Å². The predicted molar refractivity (Wildman–Crippen MR) is 41.3 cm³/mol. The van der Waals surface area contributed by atoms with Gasteiger partial charge >= 0.3 is 6.09 Å². The van der Waals surface area contributed by atoms with Crippen molar-refractivity contribution in [2.24, 2.45) is 10.2 Å². The van der Waals surface area contributed by atoms with Crippen molar-refractivity contribution in [3.05, 3.63) is 0 Å². The summed E-state index contributed by atoms with van der Waals surface area (Å²) < 4.78 is 0. The molecule has 0 aromatic heterocycles. The van der Waals surface area contributed by atoms with E-state index < -0.39 is 6.09 Å². The van der Waals surface area contributed by atoms with Gasteiger partial charge < -0.3 is 10.2 Å². The third-order valence-corrected chi connectivity index (χ3v) is 0.768. The summed E-state index contributed by atoms with van der Waals surface area (Å²) in [6.45, 7) is 2.28. The van der Waals surface area contributed by atoms with Crippen LogP contribution in [0.5, 0.6) is 0 Å². The maximum absolute atomic E-state index is 9.70. The molecule has 0 aliphatic rings. The molecule has 2 N–H and O–H groups in total. The monoisotopic (exact) mass is 176 g/mol. The topological polar surface area (TPSA) is 99.3 Å². The van der Waals surface area contributed by atoms with Crippen LogP contribution >= 0.6 is 0 Å². The molecule has 12 heavy (non-hydrogen) atoms. The second-order valence-electron chi connectivity index (χ2n) is 1.71. The van der Waals surface area contributed by atoms with E-state index in [-0.39, 0.29) is 6.47 Å². The Morgan fingerprint density at radius 2 is 2.08 bits per heavy atom. The van der Waals surface area contributed by atoms with Crippen molar-refractivity contribution < 1.29 is 19.8 Å². The van der Waals surface area contributed by atoms with E-state index in [1.807, 2.05) is 6.92 Å². The Balaban J connectivity index is 0. The minimum atomic E-state index is -1.22. The average Bonchev–Trinajstić information content (AvgIpc) is 1.99. The third kappa shape index (κ3) is 23.6. The Kier molecular flexibility index (Phi) is 13.4. The third-order valence-electron chi connectivity index (χ3n) is 0.768. The lowest BCUT2D eigenvalue weighted by Crippen LogP contribution is -1.83. The maximum Gasteiger partial charge on any atom is 0.449 e. The number of carboxylic acid groups (broad SMARTS) is 2. The summed E-state index contributed by atoms with van der Waals surface area (Å²) in [5.41, 5.74) is 0. The van der Waals surface area contributed by atoms with Gasteiger partial charge in [-0.15, -0.1) is 0 Å². The fourth-order valence-corrected chi connectivity index (χ4v) is 0.339. The van der Waals surface area contributed by atoms with Crippen molar-refractivity contribution in [3.63, 3.8) is 0 Å². The van der Waals surface area contributed by atoms with Crippen LogP contribution in [-0.2, 0) is 4.79 Å². The Labute approximate surface area is 69.9 Å². The summed E-state index contributed by atoms with van der Waals surface area (Å²) in [7, 11) is 0. The summed E-state index contributed by atoms with van der Waals surface area (Å²) in [6.07, 6.45) is 0.696. The fourth-order valence-electron chi connectivity index (χ4n) is 0.339. The van der Waals surface area contributed by atoms with Crippen LogP contribution in [0.3, 0.4) is 0 Å². The van der Waals surface area contributed by atoms with Gasteiger partial charge in [0.25, 0.3) is 6.47 Å². The standard InChI is InChI=1S/C5H10N2O2.CH2O2/c1-2-3-4-6-7-5(8)9;2-1-3/h2-4H2,1H3,(H,8,9);1H,(H,2,3). The van der Waals surface area contributed by atoms with Crippen LogP contribution in [0.2, 0.25) is 0 Å². The Morgan fingerprint density at radius 3 is 2.42 bits per heavy atom. The highest BCUT2D eigenvalue weighted by molar-refractivity contribution is 5.64. The number of hydrogen-bond donors (Lipinski definition) is 2. The predicted octanol–water partition coefficient (Wildman–Crippen LogP) is 1.62. The van der Waals surface area contributed by atoms with Crippen molar-refractivity contribution in [2.75, 3.05) is 6.54 Å². The first kappa shape index (κ1) is 13.2. The van der Waals surface area contributed by atoms with Gasteiger partial charge in [0.1, 0.15) is 0 Å². The van der Waals surface area contributed by atoms with Crippen LogP contribution in [-0.4, -0.2) is 29.3 Å². The van der Waals surface area contributed by atoms with Crippen LogP contribution in [0, 0.1) is 0 Å². The van der Waals surface area contributed by atoms with Gasteiger partial charge in [-0.1, -0.05) is 18.5 Å². The zero-order valence-corrected chi connectivity index (χ0v) is 6.80. The van der Waals surface area contributed by atoms with Crippen LogP contribution in [0.25, 0.3) is 0 Å². The first-order valence-corrected chi connectivity index (χ1v) is 3.37. The number of unbranched alkanes of at least 4 members (excludes halogenated alkanes) is 1. The summed E-state index contributed by atoms with van der Waals surface area (Å²) in [4.78, 5) is 18.1. The molecule has 0 aliphatic carbocycles. The maximum atomic E-state index is 9.70. The van der Waals surface area contributed by atoms with Crippen molar-refractivity contribution >= 4 is 12.6 Å². The Morgan fingerprint density at radius 1 is 1.58 bits per heavy atom. The van der Waals surface area contributed by atoms with E-state index in [4.69, 9.17) is 15.0 Å². The molecule has 0 heterocycles.